The number of carbonyl (C=O) groups excluding carboxylic acids is 1. The minimum atomic E-state index is -0.0991. The normalized spacial score (nSPS) is 12.9. The molecule has 0 radical (unpaired) electrons. The van der Waals surface area contributed by atoms with Gasteiger partial charge >= 0.3 is 0 Å². The van der Waals surface area contributed by atoms with Crippen molar-refractivity contribution in [3.05, 3.63) is 105 Å². The molecule has 1 aliphatic rings. The number of thiophene rings is 1. The number of ether oxygens (including phenoxy) is 1. The van der Waals surface area contributed by atoms with Crippen molar-refractivity contribution in [1.29, 1.82) is 0 Å². The van der Waals surface area contributed by atoms with Crippen LogP contribution < -0.4 is 10.1 Å². The SMILES string of the molecule is O=C(Nc1ccccc1)c1c(N=Cc2cc(I)c(OCc3ccc(Cl)c(Cl)c3)c(I)c2)sc2c1CCCC2. The van der Waals surface area contributed by atoms with Crippen LogP contribution in [-0.4, -0.2) is 12.1 Å². The van der Waals surface area contributed by atoms with Gasteiger partial charge in [-0.15, -0.1) is 11.3 Å². The smallest absolute Gasteiger partial charge is 0.259 e. The van der Waals surface area contributed by atoms with Gasteiger partial charge in [-0.2, -0.15) is 0 Å². The summed E-state index contributed by atoms with van der Waals surface area (Å²) in [5.74, 6) is 0.710. The lowest BCUT2D eigenvalue weighted by Gasteiger charge is -2.13. The molecule has 1 heterocycles. The number of nitrogens with zero attached hydrogens (tertiary/aromatic N) is 1. The molecule has 0 fully saturated rings. The van der Waals surface area contributed by atoms with Crippen LogP contribution in [0.5, 0.6) is 5.75 Å². The molecule has 9 heteroatoms. The van der Waals surface area contributed by atoms with Gasteiger partial charge in [-0.25, -0.2) is 4.99 Å². The molecule has 0 bridgehead atoms. The maximum atomic E-state index is 13.3. The molecule has 1 aliphatic carbocycles. The number of carbonyl (C=O) groups is 1. The third-order valence-electron chi connectivity index (χ3n) is 6.13. The number of aryl methyl sites for hydroxylation is 1. The van der Waals surface area contributed by atoms with Gasteiger partial charge in [-0.3, -0.25) is 4.79 Å². The predicted molar refractivity (Wildman–Crippen MR) is 175 cm³/mol. The van der Waals surface area contributed by atoms with Crippen molar-refractivity contribution in [2.75, 3.05) is 5.32 Å². The number of rotatable bonds is 7. The number of hydrogen-bond donors (Lipinski definition) is 1. The second-order valence-corrected chi connectivity index (χ2v) is 13.0. The van der Waals surface area contributed by atoms with E-state index in [4.69, 9.17) is 32.9 Å². The van der Waals surface area contributed by atoms with E-state index in [0.29, 0.717) is 22.2 Å². The van der Waals surface area contributed by atoms with Crippen LogP contribution in [0.3, 0.4) is 0 Å². The molecule has 0 aliphatic heterocycles. The zero-order chi connectivity index (χ0) is 26.6. The average molecular weight is 787 g/mol. The number of nitrogens with one attached hydrogen (secondary N) is 1. The largest absolute Gasteiger partial charge is 0.487 e. The zero-order valence-corrected chi connectivity index (χ0v) is 26.7. The van der Waals surface area contributed by atoms with E-state index < -0.39 is 0 Å². The summed E-state index contributed by atoms with van der Waals surface area (Å²) in [6, 6.07) is 19.1. The van der Waals surface area contributed by atoms with Crippen LogP contribution in [0, 0.1) is 7.14 Å². The molecule has 1 aromatic heterocycles. The van der Waals surface area contributed by atoms with Crippen molar-refractivity contribution in [3.63, 3.8) is 0 Å². The number of benzene rings is 3. The van der Waals surface area contributed by atoms with Crippen LogP contribution in [0.15, 0.2) is 65.7 Å². The van der Waals surface area contributed by atoms with Gasteiger partial charge in [0.2, 0.25) is 0 Å². The van der Waals surface area contributed by atoms with Crippen molar-refractivity contribution in [2.24, 2.45) is 4.99 Å². The molecule has 1 amide bonds. The summed E-state index contributed by atoms with van der Waals surface area (Å²) in [5.41, 5.74) is 4.53. The van der Waals surface area contributed by atoms with Gasteiger partial charge in [0.15, 0.2) is 0 Å². The average Bonchev–Trinajstić information content (AvgIpc) is 3.28. The van der Waals surface area contributed by atoms with Gasteiger partial charge in [-0.05, 0) is 124 Å². The monoisotopic (exact) mass is 786 g/mol. The first-order valence-corrected chi connectivity index (χ1v) is 15.7. The molecule has 5 rings (SSSR count). The lowest BCUT2D eigenvalue weighted by molar-refractivity contribution is 0.102. The van der Waals surface area contributed by atoms with Gasteiger partial charge < -0.3 is 10.1 Å². The van der Waals surface area contributed by atoms with Crippen LogP contribution in [0.25, 0.3) is 0 Å². The zero-order valence-electron chi connectivity index (χ0n) is 20.1. The van der Waals surface area contributed by atoms with E-state index in [1.807, 2.05) is 60.8 Å². The van der Waals surface area contributed by atoms with Crippen LogP contribution in [0.2, 0.25) is 10.0 Å². The van der Waals surface area contributed by atoms with Gasteiger partial charge in [0.05, 0.1) is 22.7 Å². The Morgan fingerprint density at radius 1 is 1.00 bits per heavy atom. The first kappa shape index (κ1) is 27.9. The fourth-order valence-electron chi connectivity index (χ4n) is 4.30. The molecule has 3 aromatic carbocycles. The second kappa shape index (κ2) is 12.7. The number of halogens is 4. The molecule has 194 valence electrons. The van der Waals surface area contributed by atoms with Crippen molar-refractivity contribution in [1.82, 2.24) is 0 Å². The van der Waals surface area contributed by atoms with Crippen LogP contribution in [0.1, 0.15) is 44.8 Å². The summed E-state index contributed by atoms with van der Waals surface area (Å²) >= 11 is 18.4. The van der Waals surface area contributed by atoms with Gasteiger partial charge in [0, 0.05) is 16.8 Å². The molecule has 4 aromatic rings. The van der Waals surface area contributed by atoms with Crippen molar-refractivity contribution in [3.8, 4) is 5.75 Å². The summed E-state index contributed by atoms with van der Waals surface area (Å²) < 4.78 is 8.07. The topological polar surface area (TPSA) is 50.7 Å². The molecule has 1 N–H and O–H groups in total. The van der Waals surface area contributed by atoms with E-state index in [9.17, 15) is 4.79 Å². The summed E-state index contributed by atoms with van der Waals surface area (Å²) in [6.45, 7) is 0.386. The molecule has 0 atom stereocenters. The standard InChI is InChI=1S/C29H22Cl2I2N2O2S/c30-21-11-10-17(12-22(21)31)16-37-27-23(32)13-18(14-24(27)33)15-34-29-26(20-8-4-5-9-25(20)38-29)28(36)35-19-6-2-1-3-7-19/h1-3,6-7,10-15H,4-5,8-9,16H2,(H,35,36). The van der Waals surface area contributed by atoms with Gasteiger partial charge in [0.1, 0.15) is 17.4 Å². The van der Waals surface area contributed by atoms with E-state index in [1.54, 1.807) is 17.4 Å². The first-order valence-electron chi connectivity index (χ1n) is 12.0. The van der Waals surface area contributed by atoms with Gasteiger partial charge in [-0.1, -0.05) is 47.5 Å². The molecule has 38 heavy (non-hydrogen) atoms. The van der Waals surface area contributed by atoms with Crippen LogP contribution in [0.4, 0.5) is 10.7 Å². The Hall–Kier alpha value is -1.66. The number of amides is 1. The van der Waals surface area contributed by atoms with Gasteiger partial charge in [0.25, 0.3) is 5.91 Å². The van der Waals surface area contributed by atoms with E-state index in [1.165, 1.54) is 4.88 Å². The molecule has 4 nitrogen and oxygen atoms in total. The van der Waals surface area contributed by atoms with Crippen molar-refractivity contribution in [2.45, 2.75) is 32.3 Å². The lowest BCUT2D eigenvalue weighted by Crippen LogP contribution is -2.14. The first-order chi connectivity index (χ1) is 18.4. The molecule has 0 saturated heterocycles. The minimum Gasteiger partial charge on any atom is -0.487 e. The van der Waals surface area contributed by atoms with E-state index in [2.05, 4.69) is 50.5 Å². The van der Waals surface area contributed by atoms with E-state index in [0.717, 1.165) is 66.0 Å². The maximum absolute atomic E-state index is 13.3. The Balaban J connectivity index is 1.38. The highest BCUT2D eigenvalue weighted by Gasteiger charge is 2.25. The second-order valence-electron chi connectivity index (χ2n) is 8.82. The van der Waals surface area contributed by atoms with E-state index >= 15 is 0 Å². The molecular formula is C29H22Cl2I2N2O2S. The summed E-state index contributed by atoms with van der Waals surface area (Å²) in [5, 5.41) is 4.85. The van der Waals surface area contributed by atoms with Crippen molar-refractivity contribution < 1.29 is 9.53 Å². The molecular weight excluding hydrogens is 765 g/mol. The quantitative estimate of drug-likeness (QED) is 0.150. The number of hydrogen-bond acceptors (Lipinski definition) is 4. The summed E-state index contributed by atoms with van der Waals surface area (Å²) in [4.78, 5) is 19.4. The fraction of sp³-hybridized carbons (Fsp3) is 0.172. The molecule has 0 saturated carbocycles. The summed E-state index contributed by atoms with van der Waals surface area (Å²) in [6.07, 6.45) is 6.00. The Kier molecular flexibility index (Phi) is 9.30. The Bertz CT molecular complexity index is 1500. The number of aliphatic imine (C=N–C) groups is 1. The highest BCUT2D eigenvalue weighted by Crippen LogP contribution is 2.40. The minimum absolute atomic E-state index is 0.0991. The number of para-hydroxylation sites is 1. The lowest BCUT2D eigenvalue weighted by atomic mass is 9.95. The molecule has 0 spiro atoms. The van der Waals surface area contributed by atoms with Crippen LogP contribution in [-0.2, 0) is 19.4 Å². The van der Waals surface area contributed by atoms with Crippen LogP contribution >= 0.6 is 79.7 Å². The summed E-state index contributed by atoms with van der Waals surface area (Å²) in [7, 11) is 0. The number of anilines is 1. The van der Waals surface area contributed by atoms with E-state index in [-0.39, 0.29) is 5.91 Å². The fourth-order valence-corrected chi connectivity index (χ4v) is 7.98. The highest BCUT2D eigenvalue weighted by molar-refractivity contribution is 14.1. The Labute approximate surface area is 263 Å². The Morgan fingerprint density at radius 2 is 1.74 bits per heavy atom. The highest BCUT2D eigenvalue weighted by atomic mass is 127. The molecule has 0 unspecified atom stereocenters. The Morgan fingerprint density at radius 3 is 2.47 bits per heavy atom. The predicted octanol–water partition coefficient (Wildman–Crippen LogP) is 9.72. The maximum Gasteiger partial charge on any atom is 0.259 e. The van der Waals surface area contributed by atoms with Crippen molar-refractivity contribution >= 4 is 103 Å². The number of fused-ring (bicyclic) bond motifs is 1. The third kappa shape index (κ3) is 6.55. The third-order valence-corrected chi connectivity index (χ3v) is 9.67.